The third-order valence-corrected chi connectivity index (χ3v) is 8.63. The van der Waals surface area contributed by atoms with E-state index in [0.717, 1.165) is 17.3 Å². The second-order valence-electron chi connectivity index (χ2n) is 11.2. The first kappa shape index (κ1) is 35.9. The molecule has 0 saturated carbocycles. The summed E-state index contributed by atoms with van der Waals surface area (Å²) in [7, 11) is 4.05. The first-order chi connectivity index (χ1) is 24.1. The molecule has 260 valence electrons. The van der Waals surface area contributed by atoms with Crippen molar-refractivity contribution in [2.45, 2.75) is 25.2 Å². The zero-order valence-corrected chi connectivity index (χ0v) is 29.3. The Hall–Kier alpha value is -5.40. The second kappa shape index (κ2) is 16.3. The standard InChI is InChI=1S/C37H36BrN3O9/c1-46-32-22-24(10-19-31(32)40-36(45)39-30-9-5-4-8-29(30)38)23-33(42)37(41-20-6-7-21-41,49-27-15-11-25(12-16-27)34(43)47-2)50-28-17-13-26(14-18-28)35(44)48-3/h4-5,8-19,22H,6-7,20-21,23H2,1-3H3,(H2,39,40,45). The smallest absolute Gasteiger partial charge is 0.379 e. The molecule has 0 aliphatic carbocycles. The number of carbonyl (C=O) groups excluding carboxylic acids is 4. The number of anilines is 2. The number of carbonyl (C=O) groups is 4. The molecule has 4 aromatic carbocycles. The highest BCUT2D eigenvalue weighted by molar-refractivity contribution is 9.10. The molecule has 0 bridgehead atoms. The Morgan fingerprint density at radius 2 is 1.26 bits per heavy atom. The van der Waals surface area contributed by atoms with Crippen LogP contribution in [0.4, 0.5) is 16.2 Å². The van der Waals surface area contributed by atoms with Crippen molar-refractivity contribution < 1.29 is 42.9 Å². The lowest BCUT2D eigenvalue weighted by molar-refractivity contribution is -0.214. The number of para-hydroxylation sites is 1. The molecule has 12 nitrogen and oxygen atoms in total. The molecule has 1 saturated heterocycles. The van der Waals surface area contributed by atoms with Crippen LogP contribution in [0.1, 0.15) is 39.1 Å². The van der Waals surface area contributed by atoms with Gasteiger partial charge in [-0.1, -0.05) is 18.2 Å². The zero-order chi connectivity index (χ0) is 35.7. The molecule has 50 heavy (non-hydrogen) atoms. The number of nitrogens with zero attached hydrogens (tertiary/aromatic N) is 1. The number of urea groups is 1. The molecule has 1 heterocycles. The lowest BCUT2D eigenvalue weighted by atomic mass is 10.0. The number of rotatable bonds is 13. The van der Waals surface area contributed by atoms with E-state index in [1.807, 2.05) is 17.0 Å². The summed E-state index contributed by atoms with van der Waals surface area (Å²) >= 11 is 3.42. The van der Waals surface area contributed by atoms with Crippen LogP contribution in [0.25, 0.3) is 0 Å². The zero-order valence-electron chi connectivity index (χ0n) is 27.7. The summed E-state index contributed by atoms with van der Waals surface area (Å²) in [5, 5.41) is 5.57. The quantitative estimate of drug-likeness (QED) is 0.112. The number of methoxy groups -OCH3 is 3. The van der Waals surface area contributed by atoms with Gasteiger partial charge in [-0.2, -0.15) is 0 Å². The van der Waals surface area contributed by atoms with Gasteiger partial charge in [-0.25, -0.2) is 19.3 Å². The molecule has 4 aromatic rings. The van der Waals surface area contributed by atoms with Crippen molar-refractivity contribution in [1.82, 2.24) is 4.90 Å². The Balaban J connectivity index is 1.46. The topological polar surface area (TPSA) is 142 Å². The predicted octanol–water partition coefficient (Wildman–Crippen LogP) is 6.69. The Morgan fingerprint density at radius 3 is 1.78 bits per heavy atom. The molecule has 2 N–H and O–H groups in total. The molecular weight excluding hydrogens is 710 g/mol. The maximum Gasteiger partial charge on any atom is 0.379 e. The van der Waals surface area contributed by atoms with Crippen molar-refractivity contribution in [2.75, 3.05) is 45.1 Å². The first-order valence-electron chi connectivity index (χ1n) is 15.7. The highest BCUT2D eigenvalue weighted by Gasteiger charge is 2.50. The van der Waals surface area contributed by atoms with Crippen LogP contribution in [0.2, 0.25) is 0 Å². The maximum absolute atomic E-state index is 14.6. The van der Waals surface area contributed by atoms with E-state index in [2.05, 4.69) is 26.6 Å². The van der Waals surface area contributed by atoms with Crippen LogP contribution in [0, 0.1) is 0 Å². The van der Waals surface area contributed by atoms with Crippen molar-refractivity contribution >= 4 is 51.1 Å². The SMILES string of the molecule is COC(=O)c1ccc(OC(Oc2ccc(C(=O)OC)cc2)(C(=O)Cc2ccc(NC(=O)Nc3ccccc3Br)c(OC)c2)N2CCCC2)cc1. The van der Waals surface area contributed by atoms with Gasteiger partial charge in [-0.3, -0.25) is 4.79 Å². The minimum Gasteiger partial charge on any atom is -0.495 e. The van der Waals surface area contributed by atoms with E-state index >= 15 is 0 Å². The van der Waals surface area contributed by atoms with Gasteiger partial charge >= 0.3 is 23.9 Å². The molecule has 0 spiro atoms. The van der Waals surface area contributed by atoms with Gasteiger partial charge < -0.3 is 34.3 Å². The third kappa shape index (κ3) is 8.41. The molecule has 13 heteroatoms. The Morgan fingerprint density at radius 1 is 0.720 bits per heavy atom. The van der Waals surface area contributed by atoms with Crippen LogP contribution < -0.4 is 24.8 Å². The van der Waals surface area contributed by atoms with Crippen LogP contribution in [0.5, 0.6) is 17.2 Å². The van der Waals surface area contributed by atoms with E-state index in [9.17, 15) is 19.2 Å². The van der Waals surface area contributed by atoms with E-state index in [1.165, 1.54) is 45.6 Å². The number of hydrogen-bond donors (Lipinski definition) is 2. The fourth-order valence-electron chi connectivity index (χ4n) is 5.41. The van der Waals surface area contributed by atoms with Gasteiger partial charge in [0.15, 0.2) is 0 Å². The van der Waals surface area contributed by atoms with Gasteiger partial charge in [0.2, 0.25) is 5.78 Å². The van der Waals surface area contributed by atoms with Gasteiger partial charge in [-0.15, -0.1) is 0 Å². The molecule has 1 aliphatic heterocycles. The second-order valence-corrected chi connectivity index (χ2v) is 12.1. The minimum atomic E-state index is -1.94. The summed E-state index contributed by atoms with van der Waals surface area (Å²) < 4.78 is 28.9. The molecule has 2 amide bonds. The van der Waals surface area contributed by atoms with E-state index in [4.69, 9.17) is 23.7 Å². The number of benzene rings is 4. The lowest BCUT2D eigenvalue weighted by Crippen LogP contribution is -2.62. The van der Waals surface area contributed by atoms with Gasteiger partial charge in [0, 0.05) is 24.0 Å². The van der Waals surface area contributed by atoms with Crippen molar-refractivity contribution in [3.63, 3.8) is 0 Å². The number of amides is 2. The van der Waals surface area contributed by atoms with Crippen LogP contribution in [0.15, 0.2) is 95.5 Å². The number of ether oxygens (including phenoxy) is 5. The van der Waals surface area contributed by atoms with Crippen LogP contribution in [0.3, 0.4) is 0 Å². The number of hydrogen-bond acceptors (Lipinski definition) is 10. The van der Waals surface area contributed by atoms with Crippen LogP contribution in [-0.2, 0) is 20.7 Å². The summed E-state index contributed by atoms with van der Waals surface area (Å²) in [6, 6.07) is 24.2. The summed E-state index contributed by atoms with van der Waals surface area (Å²) in [5.74, 6) is -2.51. The predicted molar refractivity (Wildman–Crippen MR) is 189 cm³/mol. The van der Waals surface area contributed by atoms with Crippen molar-refractivity contribution in [1.29, 1.82) is 0 Å². The van der Waals surface area contributed by atoms with Crippen molar-refractivity contribution in [2.24, 2.45) is 0 Å². The van der Waals surface area contributed by atoms with E-state index < -0.39 is 29.7 Å². The number of ketones is 1. The minimum absolute atomic E-state index is 0.142. The number of likely N-dealkylation sites (tertiary alicyclic amines) is 1. The Labute approximate surface area is 297 Å². The normalized spacial score (nSPS) is 12.8. The van der Waals surface area contributed by atoms with Crippen LogP contribution in [-0.4, -0.2) is 69.0 Å². The summed E-state index contributed by atoms with van der Waals surface area (Å²) in [6.45, 7) is 1.01. The molecular formula is C37H36BrN3O9. The maximum atomic E-state index is 14.6. The van der Waals surface area contributed by atoms with Gasteiger partial charge in [0.25, 0.3) is 0 Å². The highest BCUT2D eigenvalue weighted by atomic mass is 79.9. The number of nitrogens with one attached hydrogen (secondary N) is 2. The molecule has 0 radical (unpaired) electrons. The molecule has 5 rings (SSSR count). The van der Waals surface area contributed by atoms with E-state index in [-0.39, 0.29) is 17.9 Å². The van der Waals surface area contributed by atoms with Crippen molar-refractivity contribution in [3.05, 3.63) is 112 Å². The van der Waals surface area contributed by atoms with Crippen LogP contribution >= 0.6 is 15.9 Å². The molecule has 1 aliphatic rings. The van der Waals surface area contributed by atoms with E-state index in [1.54, 1.807) is 54.6 Å². The summed E-state index contributed by atoms with van der Waals surface area (Å²) in [5.41, 5.74) is 2.17. The fraction of sp³-hybridized carbons (Fsp3) is 0.243. The van der Waals surface area contributed by atoms with Gasteiger partial charge in [0.05, 0.1) is 43.8 Å². The molecule has 1 fully saturated rings. The lowest BCUT2D eigenvalue weighted by Gasteiger charge is -2.39. The van der Waals surface area contributed by atoms with Crippen molar-refractivity contribution in [3.8, 4) is 17.2 Å². The number of Topliss-reactive ketones (excluding diaryl/α,β-unsaturated/α-hetero) is 1. The number of esters is 2. The Bertz CT molecular complexity index is 1780. The average Bonchev–Trinajstić information content (AvgIpc) is 3.69. The average molecular weight is 747 g/mol. The molecule has 0 unspecified atom stereocenters. The fourth-order valence-corrected chi connectivity index (χ4v) is 5.79. The summed E-state index contributed by atoms with van der Waals surface area (Å²) in [6.07, 6.45) is 1.47. The molecule has 0 aromatic heterocycles. The molecule has 0 atom stereocenters. The van der Waals surface area contributed by atoms with Gasteiger partial charge in [-0.05, 0) is 107 Å². The number of halogens is 1. The largest absolute Gasteiger partial charge is 0.495 e. The first-order valence-corrected chi connectivity index (χ1v) is 16.5. The van der Waals surface area contributed by atoms with Gasteiger partial charge in [0.1, 0.15) is 17.2 Å². The highest BCUT2D eigenvalue weighted by Crippen LogP contribution is 2.33. The van der Waals surface area contributed by atoms with E-state index in [0.29, 0.717) is 46.9 Å². The third-order valence-electron chi connectivity index (χ3n) is 7.94. The summed E-state index contributed by atoms with van der Waals surface area (Å²) in [4.78, 5) is 53.4. The monoisotopic (exact) mass is 745 g/mol. The Kier molecular flexibility index (Phi) is 11.7.